The van der Waals surface area contributed by atoms with Crippen LogP contribution in [0.25, 0.3) is 0 Å². The molecule has 1 aliphatic rings. The summed E-state index contributed by atoms with van der Waals surface area (Å²) in [7, 11) is -2.99. The first-order valence-corrected chi connectivity index (χ1v) is 9.42. The number of hydrazine groups is 1. The van der Waals surface area contributed by atoms with E-state index in [2.05, 4.69) is 5.43 Å². The molecule has 3 N–H and O–H groups in total. The van der Waals surface area contributed by atoms with Crippen LogP contribution in [0.1, 0.15) is 54.4 Å². The predicted molar refractivity (Wildman–Crippen MR) is 83.6 cm³/mol. The Kier molecular flexibility index (Phi) is 4.80. The predicted octanol–water partition coefficient (Wildman–Crippen LogP) is 2.31. The third-order valence-corrected chi connectivity index (χ3v) is 6.49. The molecule has 0 aromatic carbocycles. The summed E-state index contributed by atoms with van der Waals surface area (Å²) in [6.45, 7) is 5.92. The number of sulfone groups is 1. The SMILES string of the molecule is Cc1oc(C)c(C(NN)C2CCCC(S(C)(=O)=O)C2)c1C. The van der Waals surface area contributed by atoms with E-state index in [1.807, 2.05) is 20.8 Å². The van der Waals surface area contributed by atoms with Crippen molar-refractivity contribution in [3.63, 3.8) is 0 Å². The lowest BCUT2D eigenvalue weighted by molar-refractivity contribution is 0.272. The Morgan fingerprint density at radius 2 is 1.90 bits per heavy atom. The van der Waals surface area contributed by atoms with Crippen LogP contribution in [0.5, 0.6) is 0 Å². The molecule has 6 heteroatoms. The second kappa shape index (κ2) is 6.10. The molecule has 0 spiro atoms. The Balaban J connectivity index is 2.29. The largest absolute Gasteiger partial charge is 0.466 e. The quantitative estimate of drug-likeness (QED) is 0.658. The van der Waals surface area contributed by atoms with Gasteiger partial charge >= 0.3 is 0 Å². The zero-order valence-electron chi connectivity index (χ0n) is 13.3. The minimum absolute atomic E-state index is 0.0491. The Labute approximate surface area is 127 Å². The summed E-state index contributed by atoms with van der Waals surface area (Å²) in [5, 5.41) is -0.249. The van der Waals surface area contributed by atoms with Crippen LogP contribution < -0.4 is 11.3 Å². The topological polar surface area (TPSA) is 85.3 Å². The molecule has 1 fully saturated rings. The normalized spacial score (nSPS) is 25.0. The zero-order chi connectivity index (χ0) is 15.8. The molecule has 120 valence electrons. The average Bonchev–Trinajstić information content (AvgIpc) is 2.66. The minimum Gasteiger partial charge on any atom is -0.466 e. The van der Waals surface area contributed by atoms with Gasteiger partial charge in [-0.15, -0.1) is 0 Å². The fourth-order valence-corrected chi connectivity index (χ4v) is 4.79. The first kappa shape index (κ1) is 16.5. The second-order valence-electron chi connectivity index (χ2n) is 6.28. The summed E-state index contributed by atoms with van der Waals surface area (Å²) in [5.41, 5.74) is 5.10. The average molecular weight is 314 g/mol. The molecule has 1 heterocycles. The van der Waals surface area contributed by atoms with Crippen LogP contribution in [-0.4, -0.2) is 19.9 Å². The highest BCUT2D eigenvalue weighted by Gasteiger charge is 2.35. The fraction of sp³-hybridized carbons (Fsp3) is 0.733. The van der Waals surface area contributed by atoms with Crippen LogP contribution in [0.3, 0.4) is 0 Å². The number of hydrogen-bond donors (Lipinski definition) is 2. The summed E-state index contributed by atoms with van der Waals surface area (Å²) in [4.78, 5) is 0. The van der Waals surface area contributed by atoms with Crippen molar-refractivity contribution < 1.29 is 12.8 Å². The standard InChI is InChI=1S/C15H26N2O3S/c1-9-10(2)20-11(3)14(9)15(17-16)12-6-5-7-13(8-12)21(4,18)19/h12-13,15,17H,5-8,16H2,1-4H3. The molecule has 1 aliphatic carbocycles. The summed E-state index contributed by atoms with van der Waals surface area (Å²) < 4.78 is 29.4. The van der Waals surface area contributed by atoms with Gasteiger partial charge in [0.2, 0.25) is 0 Å². The third-order valence-electron chi connectivity index (χ3n) is 4.85. The molecule has 0 radical (unpaired) electrons. The lowest BCUT2D eigenvalue weighted by atomic mass is 9.80. The van der Waals surface area contributed by atoms with E-state index in [-0.39, 0.29) is 17.2 Å². The smallest absolute Gasteiger partial charge is 0.150 e. The minimum atomic E-state index is -2.99. The summed E-state index contributed by atoms with van der Waals surface area (Å²) in [6, 6.07) is -0.0491. The van der Waals surface area contributed by atoms with Gasteiger partial charge < -0.3 is 4.42 Å². The van der Waals surface area contributed by atoms with Crippen molar-refractivity contribution in [2.75, 3.05) is 6.26 Å². The van der Waals surface area contributed by atoms with Gasteiger partial charge in [0.25, 0.3) is 0 Å². The highest BCUT2D eigenvalue weighted by atomic mass is 32.2. The van der Waals surface area contributed by atoms with Crippen LogP contribution in [0, 0.1) is 26.7 Å². The highest BCUT2D eigenvalue weighted by Crippen LogP contribution is 2.39. The van der Waals surface area contributed by atoms with Crippen molar-refractivity contribution in [3.8, 4) is 0 Å². The molecule has 0 aliphatic heterocycles. The van der Waals surface area contributed by atoms with Crippen LogP contribution in [0.2, 0.25) is 0 Å². The van der Waals surface area contributed by atoms with Gasteiger partial charge in [-0.2, -0.15) is 0 Å². The van der Waals surface area contributed by atoms with E-state index in [4.69, 9.17) is 10.3 Å². The van der Waals surface area contributed by atoms with E-state index in [9.17, 15) is 8.42 Å². The van der Waals surface area contributed by atoms with Crippen LogP contribution in [-0.2, 0) is 9.84 Å². The van der Waals surface area contributed by atoms with Crippen molar-refractivity contribution >= 4 is 9.84 Å². The third kappa shape index (κ3) is 3.33. The molecule has 3 unspecified atom stereocenters. The van der Waals surface area contributed by atoms with E-state index in [0.29, 0.717) is 6.42 Å². The zero-order valence-corrected chi connectivity index (χ0v) is 14.1. The van der Waals surface area contributed by atoms with Crippen molar-refractivity contribution in [2.24, 2.45) is 11.8 Å². The molecule has 1 aromatic rings. The van der Waals surface area contributed by atoms with Crippen LogP contribution in [0.4, 0.5) is 0 Å². The molecule has 0 amide bonds. The molecule has 0 bridgehead atoms. The summed E-state index contributed by atoms with van der Waals surface area (Å²) >= 11 is 0. The maximum absolute atomic E-state index is 11.8. The van der Waals surface area contributed by atoms with Gasteiger partial charge in [-0.25, -0.2) is 8.42 Å². The molecular weight excluding hydrogens is 288 g/mol. The van der Waals surface area contributed by atoms with E-state index in [0.717, 1.165) is 41.9 Å². The van der Waals surface area contributed by atoms with E-state index in [1.54, 1.807) is 0 Å². The first-order chi connectivity index (χ1) is 9.75. The lowest BCUT2D eigenvalue weighted by Crippen LogP contribution is -2.38. The molecular formula is C15H26N2O3S. The van der Waals surface area contributed by atoms with Gasteiger partial charge in [-0.3, -0.25) is 11.3 Å². The van der Waals surface area contributed by atoms with E-state index in [1.165, 1.54) is 6.26 Å². The monoisotopic (exact) mass is 314 g/mol. The van der Waals surface area contributed by atoms with Gasteiger partial charge in [0.05, 0.1) is 11.3 Å². The maximum Gasteiger partial charge on any atom is 0.150 e. The molecule has 1 saturated carbocycles. The van der Waals surface area contributed by atoms with Crippen LogP contribution in [0.15, 0.2) is 4.42 Å². The molecule has 0 saturated heterocycles. The van der Waals surface area contributed by atoms with E-state index >= 15 is 0 Å². The maximum atomic E-state index is 11.8. The Morgan fingerprint density at radius 1 is 1.24 bits per heavy atom. The molecule has 2 rings (SSSR count). The van der Waals surface area contributed by atoms with Gasteiger partial charge in [0.15, 0.2) is 0 Å². The number of nitrogens with one attached hydrogen (secondary N) is 1. The first-order valence-electron chi connectivity index (χ1n) is 7.47. The molecule has 21 heavy (non-hydrogen) atoms. The number of hydrogen-bond acceptors (Lipinski definition) is 5. The number of aryl methyl sites for hydroxylation is 2. The molecule has 1 aromatic heterocycles. The lowest BCUT2D eigenvalue weighted by Gasteiger charge is -2.33. The fourth-order valence-electron chi connectivity index (χ4n) is 3.59. The van der Waals surface area contributed by atoms with Crippen LogP contribution >= 0.6 is 0 Å². The van der Waals surface area contributed by atoms with Crippen molar-refractivity contribution in [1.82, 2.24) is 5.43 Å². The number of furan rings is 1. The van der Waals surface area contributed by atoms with Crippen molar-refractivity contribution in [2.45, 2.75) is 57.7 Å². The summed E-state index contributed by atoms with van der Waals surface area (Å²) in [5.74, 6) is 7.79. The number of nitrogens with two attached hydrogens (primary N) is 1. The van der Waals surface area contributed by atoms with Gasteiger partial charge in [-0.05, 0) is 51.5 Å². The molecule has 5 nitrogen and oxygen atoms in total. The van der Waals surface area contributed by atoms with Crippen molar-refractivity contribution in [3.05, 3.63) is 22.6 Å². The second-order valence-corrected chi connectivity index (χ2v) is 8.60. The Morgan fingerprint density at radius 3 is 2.38 bits per heavy atom. The Hall–Kier alpha value is -0.850. The van der Waals surface area contributed by atoms with Gasteiger partial charge in [-0.1, -0.05) is 6.42 Å². The highest BCUT2D eigenvalue weighted by molar-refractivity contribution is 7.91. The summed E-state index contributed by atoms with van der Waals surface area (Å²) in [6.07, 6.45) is 4.68. The van der Waals surface area contributed by atoms with E-state index < -0.39 is 9.84 Å². The Bertz CT molecular complexity index is 607. The van der Waals surface area contributed by atoms with Gasteiger partial charge in [0.1, 0.15) is 21.4 Å². The van der Waals surface area contributed by atoms with Crippen molar-refractivity contribution in [1.29, 1.82) is 0 Å². The number of rotatable bonds is 4. The molecule has 3 atom stereocenters. The van der Waals surface area contributed by atoms with Gasteiger partial charge in [0, 0.05) is 11.8 Å².